The number of carbonyl (C=O) groups is 1. The molecule has 3 unspecified atom stereocenters. The fourth-order valence-corrected chi connectivity index (χ4v) is 10.3. The van der Waals surface area contributed by atoms with E-state index in [-0.39, 0.29) is 19.1 Å². The lowest BCUT2D eigenvalue weighted by Gasteiger charge is -2.25. The number of aliphatic hydroxyl groups excluding tert-OH is 1. The predicted molar refractivity (Wildman–Crippen MR) is 364 cm³/mol. The van der Waals surface area contributed by atoms with E-state index in [0.717, 1.165) is 103 Å². The number of allylic oxidation sites excluding steroid dienone is 19. The first kappa shape index (κ1) is 79.9. The lowest BCUT2D eigenvalue weighted by molar-refractivity contribution is -0.870. The molecule has 0 aromatic heterocycles. The molecule has 0 spiro atoms. The van der Waals surface area contributed by atoms with Crippen LogP contribution in [0.5, 0.6) is 0 Å². The number of carbonyl (C=O) groups excluding carboxylic acids is 1. The second-order valence-corrected chi connectivity index (χ2v) is 25.6. The summed E-state index contributed by atoms with van der Waals surface area (Å²) in [6.07, 6.45) is 94.9. The molecule has 0 aromatic carbocycles. The van der Waals surface area contributed by atoms with Gasteiger partial charge >= 0.3 is 7.82 Å². The van der Waals surface area contributed by atoms with Crippen molar-refractivity contribution in [3.63, 3.8) is 0 Å². The Hall–Kier alpha value is -3.10. The van der Waals surface area contributed by atoms with E-state index in [4.69, 9.17) is 9.05 Å². The Labute approximate surface area is 514 Å². The van der Waals surface area contributed by atoms with Gasteiger partial charge in [0.2, 0.25) is 5.91 Å². The smallest absolute Gasteiger partial charge is 0.387 e. The van der Waals surface area contributed by atoms with Crippen molar-refractivity contribution in [2.45, 2.75) is 302 Å². The number of hydrogen-bond acceptors (Lipinski definition) is 5. The number of quaternary nitrogens is 1. The summed E-state index contributed by atoms with van der Waals surface area (Å²) in [4.78, 5) is 23.4. The number of nitrogens with zero attached hydrogens (tertiary/aromatic N) is 1. The summed E-state index contributed by atoms with van der Waals surface area (Å²) in [5.74, 6) is -0.205. The zero-order valence-corrected chi connectivity index (χ0v) is 55.5. The summed E-state index contributed by atoms with van der Waals surface area (Å²) in [5.41, 5.74) is 0. The Bertz CT molecular complexity index is 1770. The molecule has 0 saturated heterocycles. The van der Waals surface area contributed by atoms with Crippen molar-refractivity contribution in [2.24, 2.45) is 0 Å². The van der Waals surface area contributed by atoms with Crippen LogP contribution < -0.4 is 5.32 Å². The third kappa shape index (κ3) is 66.3. The second-order valence-electron chi connectivity index (χ2n) is 24.2. The first-order valence-corrected chi connectivity index (χ1v) is 35.9. The zero-order chi connectivity index (χ0) is 60.5. The number of phosphoric acid groups is 1. The highest BCUT2D eigenvalue weighted by Gasteiger charge is 2.28. The molecule has 0 aliphatic rings. The quantitative estimate of drug-likeness (QED) is 0.0243. The Morgan fingerprint density at radius 3 is 1.11 bits per heavy atom. The van der Waals surface area contributed by atoms with Crippen molar-refractivity contribution in [3.05, 3.63) is 122 Å². The van der Waals surface area contributed by atoms with Crippen LogP contribution in [0.25, 0.3) is 0 Å². The topological polar surface area (TPSA) is 105 Å². The average molecular weight is 1180 g/mol. The average Bonchev–Trinajstić information content (AvgIpc) is 3.50. The SMILES string of the molecule is CC/C=C\C/C=C\C/C=C\C/C=C\C/C=C\C/C=C\C/C=C\CCCCCCCCCC(=O)NC(COP(=O)(O)OCC[N+](C)(C)C)C(O)/C=C/CC/C=C/CC/C=C/CCCCCCCCCCCCCCCCCCCCCCCC. The van der Waals surface area contributed by atoms with Crippen LogP contribution in [0.4, 0.5) is 0 Å². The van der Waals surface area contributed by atoms with Crippen LogP contribution in [0.1, 0.15) is 290 Å². The summed E-state index contributed by atoms with van der Waals surface area (Å²) < 4.78 is 23.8. The summed E-state index contributed by atoms with van der Waals surface area (Å²) >= 11 is 0. The number of phosphoric ester groups is 1. The van der Waals surface area contributed by atoms with Crippen LogP contribution >= 0.6 is 7.82 Å². The highest BCUT2D eigenvalue weighted by atomic mass is 31.2. The second kappa shape index (κ2) is 63.4. The maximum Gasteiger partial charge on any atom is 0.472 e. The van der Waals surface area contributed by atoms with Gasteiger partial charge in [0.25, 0.3) is 0 Å². The molecule has 0 aliphatic carbocycles. The van der Waals surface area contributed by atoms with E-state index in [1.807, 2.05) is 27.2 Å². The molecule has 3 N–H and O–H groups in total. The van der Waals surface area contributed by atoms with Crippen molar-refractivity contribution in [1.29, 1.82) is 0 Å². The molecule has 0 saturated carbocycles. The van der Waals surface area contributed by atoms with Crippen LogP contribution in [-0.4, -0.2) is 73.4 Å². The lowest BCUT2D eigenvalue weighted by Crippen LogP contribution is -2.45. The summed E-state index contributed by atoms with van der Waals surface area (Å²) in [6.45, 7) is 4.68. The lowest BCUT2D eigenvalue weighted by atomic mass is 10.0. The molecule has 0 bridgehead atoms. The highest BCUT2D eigenvalue weighted by molar-refractivity contribution is 7.47. The van der Waals surface area contributed by atoms with Gasteiger partial charge in [-0.05, 0) is 103 Å². The van der Waals surface area contributed by atoms with Gasteiger partial charge in [-0.3, -0.25) is 13.8 Å². The maximum atomic E-state index is 13.0. The van der Waals surface area contributed by atoms with Crippen molar-refractivity contribution in [3.8, 4) is 0 Å². The normalized spacial score (nSPS) is 14.4. The van der Waals surface area contributed by atoms with E-state index in [0.29, 0.717) is 17.4 Å². The number of unbranched alkanes of at least 4 members (excludes halogenated alkanes) is 31. The van der Waals surface area contributed by atoms with Crippen molar-refractivity contribution < 1.29 is 32.9 Å². The molecule has 0 aromatic rings. The minimum Gasteiger partial charge on any atom is -0.387 e. The third-order valence-corrected chi connectivity index (χ3v) is 15.9. The molecular weight excluding hydrogens is 1040 g/mol. The Balaban J connectivity index is 4.22. The first-order valence-electron chi connectivity index (χ1n) is 34.4. The molecule has 0 fully saturated rings. The van der Waals surface area contributed by atoms with Gasteiger partial charge < -0.3 is 19.8 Å². The maximum absolute atomic E-state index is 13.0. The molecule has 8 nitrogen and oxygen atoms in total. The fourth-order valence-electron chi connectivity index (χ4n) is 9.59. The van der Waals surface area contributed by atoms with Gasteiger partial charge in [-0.15, -0.1) is 0 Å². The minimum atomic E-state index is -4.38. The van der Waals surface area contributed by atoms with Crippen molar-refractivity contribution in [2.75, 3.05) is 40.9 Å². The molecule has 0 rings (SSSR count). The minimum absolute atomic E-state index is 0.0447. The molecular formula is C74H132N2O6P+. The van der Waals surface area contributed by atoms with Crippen LogP contribution in [0.2, 0.25) is 0 Å². The van der Waals surface area contributed by atoms with Crippen LogP contribution in [-0.2, 0) is 18.4 Å². The standard InChI is InChI=1S/C74H131N2O6P/c1-6-8-10-12-14-16-18-20-22-24-26-28-30-32-34-36-37-38-40-41-43-45-47-49-51-53-55-57-59-61-63-65-67-73(77)72(71-82-83(79,80)81-70-69-76(3,4)5)75-74(78)68-66-64-62-60-58-56-54-52-50-48-46-44-42-39-35-33-31-29-27-25-23-21-19-17-15-13-11-9-7-2/h9,11,15,17,21,23,27,29,33,35,42,44,48-51,57,59,65,67,72-73,77H,6-8,10,12-14,16,18-20,22,24-26,28,30-32,34,36-41,43,45-47,52-56,58,60-64,66,68-71H2,1-5H3,(H-,75,78,79,80)/p+1/b11-9-,17-15-,23-21-,29-27-,35-33-,44-42-,50-48-,51-49+,59-57+,67-65+. The number of nitrogens with one attached hydrogen (secondary N) is 1. The van der Waals surface area contributed by atoms with Crippen LogP contribution in [0.3, 0.4) is 0 Å². The Kier molecular flexibility index (Phi) is 61.0. The molecule has 0 aliphatic heterocycles. The van der Waals surface area contributed by atoms with Gasteiger partial charge in [0.1, 0.15) is 13.2 Å². The molecule has 1 amide bonds. The number of aliphatic hydroxyl groups is 1. The van der Waals surface area contributed by atoms with Gasteiger partial charge in [-0.2, -0.15) is 0 Å². The number of likely N-dealkylation sites (N-methyl/N-ethyl adjacent to an activating group) is 1. The first-order chi connectivity index (χ1) is 40.5. The van der Waals surface area contributed by atoms with Crippen LogP contribution in [0.15, 0.2) is 122 Å². The van der Waals surface area contributed by atoms with E-state index in [2.05, 4.69) is 129 Å². The number of amides is 1. The highest BCUT2D eigenvalue weighted by Crippen LogP contribution is 2.43. The summed E-state index contributed by atoms with van der Waals surface area (Å²) in [7, 11) is 1.53. The van der Waals surface area contributed by atoms with E-state index in [9.17, 15) is 19.4 Å². The largest absolute Gasteiger partial charge is 0.472 e. The fraction of sp³-hybridized carbons (Fsp3) is 0.716. The van der Waals surface area contributed by atoms with Gasteiger partial charge in [0.15, 0.2) is 0 Å². The van der Waals surface area contributed by atoms with Gasteiger partial charge in [0, 0.05) is 6.42 Å². The molecule has 9 heteroatoms. The monoisotopic (exact) mass is 1180 g/mol. The van der Waals surface area contributed by atoms with E-state index in [1.165, 1.54) is 167 Å². The Morgan fingerprint density at radius 1 is 0.422 bits per heavy atom. The van der Waals surface area contributed by atoms with E-state index in [1.54, 1.807) is 6.08 Å². The molecule has 478 valence electrons. The zero-order valence-electron chi connectivity index (χ0n) is 54.7. The van der Waals surface area contributed by atoms with Gasteiger partial charge in [0.05, 0.1) is 39.9 Å². The summed E-state index contributed by atoms with van der Waals surface area (Å²) in [5, 5.41) is 14.0. The van der Waals surface area contributed by atoms with E-state index < -0.39 is 20.0 Å². The number of hydrogen-bond donors (Lipinski definition) is 3. The Morgan fingerprint density at radius 2 is 0.735 bits per heavy atom. The van der Waals surface area contributed by atoms with E-state index >= 15 is 0 Å². The molecule has 0 heterocycles. The van der Waals surface area contributed by atoms with Crippen molar-refractivity contribution in [1.82, 2.24) is 5.32 Å². The molecule has 83 heavy (non-hydrogen) atoms. The van der Waals surface area contributed by atoms with Gasteiger partial charge in [-0.1, -0.05) is 302 Å². The van der Waals surface area contributed by atoms with Gasteiger partial charge in [-0.25, -0.2) is 4.57 Å². The molecule has 3 atom stereocenters. The molecule has 0 radical (unpaired) electrons. The summed E-state index contributed by atoms with van der Waals surface area (Å²) in [6, 6.07) is -0.887. The third-order valence-electron chi connectivity index (χ3n) is 14.9. The van der Waals surface area contributed by atoms with Crippen molar-refractivity contribution >= 4 is 13.7 Å². The predicted octanol–water partition coefficient (Wildman–Crippen LogP) is 22.0. The van der Waals surface area contributed by atoms with Crippen LogP contribution in [0, 0.1) is 0 Å². The number of rotatable bonds is 62.